The van der Waals surface area contributed by atoms with E-state index in [0.717, 1.165) is 0 Å². The van der Waals surface area contributed by atoms with Gasteiger partial charge in [0.05, 0.1) is 12.1 Å². The molecule has 2 rings (SSSR count). The summed E-state index contributed by atoms with van der Waals surface area (Å²) in [4.78, 5) is 14.2. The molecule has 28 heavy (non-hydrogen) atoms. The van der Waals surface area contributed by atoms with Crippen LogP contribution in [-0.2, 0) is 14.8 Å². The van der Waals surface area contributed by atoms with E-state index in [2.05, 4.69) is 15.2 Å². The number of amides is 1. The second kappa shape index (κ2) is 8.80. The van der Waals surface area contributed by atoms with Gasteiger partial charge in [0.2, 0.25) is 15.9 Å². The molecule has 0 spiro atoms. The maximum absolute atomic E-state index is 13.5. The molecule has 154 valence electrons. The Labute approximate surface area is 164 Å². The molecule has 1 amide bonds. The maximum Gasteiger partial charge on any atom is 0.246 e. The minimum absolute atomic E-state index is 0.0712. The standard InChI is InChI=1S/C18H25FN4O4S/c1-11-17(13(3)27-21-11)28(25,26)22-12(2)18(24)20-10-16(23(4)5)14-7-6-8-15(19)9-14/h6-9,12,16,22H,10H2,1-5H3,(H,20,24)/t12-,16?/m0/s1. The number of benzene rings is 1. The number of nitrogens with one attached hydrogen (secondary N) is 2. The van der Waals surface area contributed by atoms with Crippen LogP contribution < -0.4 is 10.0 Å². The van der Waals surface area contributed by atoms with Crippen LogP contribution in [-0.4, -0.2) is 51.1 Å². The van der Waals surface area contributed by atoms with Gasteiger partial charge in [0.25, 0.3) is 0 Å². The number of nitrogens with zero attached hydrogens (tertiary/aromatic N) is 2. The molecule has 1 heterocycles. The maximum atomic E-state index is 13.5. The second-order valence-corrected chi connectivity index (χ2v) is 8.43. The molecule has 0 saturated heterocycles. The number of hydrogen-bond donors (Lipinski definition) is 2. The van der Waals surface area contributed by atoms with Gasteiger partial charge in [-0.2, -0.15) is 4.72 Å². The predicted molar refractivity (Wildman–Crippen MR) is 102 cm³/mol. The fourth-order valence-electron chi connectivity index (χ4n) is 2.87. The van der Waals surface area contributed by atoms with Crippen molar-refractivity contribution in [2.45, 2.75) is 37.8 Å². The molecule has 2 N–H and O–H groups in total. The highest BCUT2D eigenvalue weighted by Gasteiger charge is 2.28. The van der Waals surface area contributed by atoms with E-state index >= 15 is 0 Å². The zero-order chi connectivity index (χ0) is 21.1. The van der Waals surface area contributed by atoms with Gasteiger partial charge in [-0.05, 0) is 52.6 Å². The van der Waals surface area contributed by atoms with Gasteiger partial charge in [-0.25, -0.2) is 12.8 Å². The molecule has 8 nitrogen and oxygen atoms in total. The molecule has 2 aromatic rings. The fourth-order valence-corrected chi connectivity index (χ4v) is 4.40. The molecule has 10 heteroatoms. The summed E-state index contributed by atoms with van der Waals surface area (Å²) in [5, 5.41) is 6.33. The first kappa shape index (κ1) is 22.0. The molecular formula is C18H25FN4O4S. The zero-order valence-electron chi connectivity index (χ0n) is 16.5. The van der Waals surface area contributed by atoms with E-state index in [1.165, 1.54) is 32.9 Å². The van der Waals surface area contributed by atoms with Crippen molar-refractivity contribution in [1.29, 1.82) is 0 Å². The predicted octanol–water partition coefficient (Wildman–Crippen LogP) is 1.52. The molecule has 0 fully saturated rings. The summed E-state index contributed by atoms with van der Waals surface area (Å²) >= 11 is 0. The monoisotopic (exact) mass is 412 g/mol. The van der Waals surface area contributed by atoms with Crippen molar-refractivity contribution in [3.8, 4) is 0 Å². The van der Waals surface area contributed by atoms with Gasteiger partial charge in [0.15, 0.2) is 5.76 Å². The zero-order valence-corrected chi connectivity index (χ0v) is 17.3. The Bertz CT molecular complexity index is 923. The summed E-state index contributed by atoms with van der Waals surface area (Å²) in [6.45, 7) is 4.63. The van der Waals surface area contributed by atoms with Crippen molar-refractivity contribution in [3.05, 3.63) is 47.1 Å². The fraction of sp³-hybridized carbons (Fsp3) is 0.444. The van der Waals surface area contributed by atoms with E-state index < -0.39 is 22.0 Å². The van der Waals surface area contributed by atoms with Crippen LogP contribution in [0.15, 0.2) is 33.7 Å². The smallest absolute Gasteiger partial charge is 0.246 e. The number of carbonyl (C=O) groups is 1. The van der Waals surface area contributed by atoms with E-state index in [1.54, 1.807) is 12.1 Å². The second-order valence-electron chi connectivity index (χ2n) is 6.78. The van der Waals surface area contributed by atoms with Crippen LogP contribution in [0.4, 0.5) is 4.39 Å². The summed E-state index contributed by atoms with van der Waals surface area (Å²) in [7, 11) is -0.341. The molecule has 0 bridgehead atoms. The van der Waals surface area contributed by atoms with Gasteiger partial charge in [-0.15, -0.1) is 0 Å². The van der Waals surface area contributed by atoms with Crippen LogP contribution in [0.3, 0.4) is 0 Å². The Morgan fingerprint density at radius 2 is 2.00 bits per heavy atom. The molecule has 0 radical (unpaired) electrons. The molecule has 0 aliphatic carbocycles. The average molecular weight is 412 g/mol. The third-order valence-corrected chi connectivity index (χ3v) is 6.07. The normalized spacial score (nSPS) is 14.1. The molecule has 1 unspecified atom stereocenters. The number of carbonyl (C=O) groups excluding carboxylic acids is 1. The summed E-state index contributed by atoms with van der Waals surface area (Å²) in [5.41, 5.74) is 0.922. The highest BCUT2D eigenvalue weighted by Crippen LogP contribution is 2.20. The van der Waals surface area contributed by atoms with Gasteiger partial charge in [-0.1, -0.05) is 17.3 Å². The van der Waals surface area contributed by atoms with Gasteiger partial charge < -0.3 is 14.7 Å². The van der Waals surface area contributed by atoms with Crippen LogP contribution in [0.25, 0.3) is 0 Å². The van der Waals surface area contributed by atoms with Crippen molar-refractivity contribution in [2.24, 2.45) is 0 Å². The average Bonchev–Trinajstić information content (AvgIpc) is 2.93. The Kier molecular flexibility index (Phi) is 6.91. The molecular weight excluding hydrogens is 387 g/mol. The first-order valence-corrected chi connectivity index (χ1v) is 10.2. The lowest BCUT2D eigenvalue weighted by molar-refractivity contribution is -0.122. The SMILES string of the molecule is Cc1noc(C)c1S(=O)(=O)N[C@@H](C)C(=O)NCC(c1cccc(F)c1)N(C)C. The van der Waals surface area contributed by atoms with Gasteiger partial charge in [0.1, 0.15) is 16.4 Å². The third kappa shape index (κ3) is 5.15. The Morgan fingerprint density at radius 3 is 2.54 bits per heavy atom. The Hall–Kier alpha value is -2.30. The van der Waals surface area contributed by atoms with Crippen molar-refractivity contribution < 1.29 is 22.1 Å². The van der Waals surface area contributed by atoms with E-state index in [-0.39, 0.29) is 34.8 Å². The topological polar surface area (TPSA) is 105 Å². The summed E-state index contributed by atoms with van der Waals surface area (Å²) in [6.07, 6.45) is 0. The molecule has 1 aromatic carbocycles. The minimum atomic E-state index is -3.96. The van der Waals surface area contributed by atoms with E-state index in [1.807, 2.05) is 19.0 Å². The highest BCUT2D eigenvalue weighted by molar-refractivity contribution is 7.89. The third-order valence-electron chi connectivity index (χ3n) is 4.29. The number of aromatic nitrogens is 1. The summed E-state index contributed by atoms with van der Waals surface area (Å²) in [5.74, 6) is -0.716. The van der Waals surface area contributed by atoms with Crippen LogP contribution in [0, 0.1) is 19.7 Å². The first-order chi connectivity index (χ1) is 13.0. The Morgan fingerprint density at radius 1 is 1.32 bits per heavy atom. The van der Waals surface area contributed by atoms with Crippen LogP contribution in [0.5, 0.6) is 0 Å². The number of sulfonamides is 1. The number of aryl methyl sites for hydroxylation is 2. The van der Waals surface area contributed by atoms with E-state index in [4.69, 9.17) is 4.52 Å². The van der Waals surface area contributed by atoms with Crippen LogP contribution in [0.2, 0.25) is 0 Å². The summed E-state index contributed by atoms with van der Waals surface area (Å²) in [6, 6.07) is 4.83. The van der Waals surface area contributed by atoms with E-state index in [0.29, 0.717) is 5.56 Å². The van der Waals surface area contributed by atoms with Crippen molar-refractivity contribution in [3.63, 3.8) is 0 Å². The number of halogens is 1. The molecule has 0 aliphatic rings. The summed E-state index contributed by atoms with van der Waals surface area (Å²) < 4.78 is 45.7. The minimum Gasteiger partial charge on any atom is -0.360 e. The molecule has 2 atom stereocenters. The van der Waals surface area contributed by atoms with Crippen LogP contribution >= 0.6 is 0 Å². The van der Waals surface area contributed by atoms with Crippen molar-refractivity contribution >= 4 is 15.9 Å². The molecule has 0 saturated carbocycles. The van der Waals surface area contributed by atoms with Crippen LogP contribution in [0.1, 0.15) is 30.0 Å². The van der Waals surface area contributed by atoms with Gasteiger partial charge >= 0.3 is 0 Å². The van der Waals surface area contributed by atoms with E-state index in [9.17, 15) is 17.6 Å². The Balaban J connectivity index is 2.05. The number of hydrogen-bond acceptors (Lipinski definition) is 6. The first-order valence-electron chi connectivity index (χ1n) is 8.67. The lowest BCUT2D eigenvalue weighted by atomic mass is 10.1. The van der Waals surface area contributed by atoms with Gasteiger partial charge in [-0.3, -0.25) is 4.79 Å². The van der Waals surface area contributed by atoms with Gasteiger partial charge in [0, 0.05) is 6.54 Å². The lowest BCUT2D eigenvalue weighted by Gasteiger charge is -2.26. The quantitative estimate of drug-likeness (QED) is 0.681. The highest BCUT2D eigenvalue weighted by atomic mass is 32.2. The largest absolute Gasteiger partial charge is 0.360 e. The number of rotatable bonds is 8. The molecule has 1 aromatic heterocycles. The lowest BCUT2D eigenvalue weighted by Crippen LogP contribution is -2.46. The van der Waals surface area contributed by atoms with Crippen molar-refractivity contribution in [1.82, 2.24) is 20.1 Å². The molecule has 0 aliphatic heterocycles. The van der Waals surface area contributed by atoms with Crippen molar-refractivity contribution in [2.75, 3.05) is 20.6 Å². The number of likely N-dealkylation sites (N-methyl/N-ethyl adjacent to an activating group) is 1.